The first-order chi connectivity index (χ1) is 15.7. The number of benzene rings is 1. The van der Waals surface area contributed by atoms with Crippen molar-refractivity contribution in [2.24, 2.45) is 5.92 Å². The molecule has 0 bridgehead atoms. The van der Waals surface area contributed by atoms with E-state index in [0.717, 1.165) is 42.6 Å². The van der Waals surface area contributed by atoms with Gasteiger partial charge >= 0.3 is 5.97 Å². The van der Waals surface area contributed by atoms with E-state index in [1.807, 2.05) is 36.4 Å². The van der Waals surface area contributed by atoms with Gasteiger partial charge in [0.05, 0.1) is 23.6 Å². The van der Waals surface area contributed by atoms with Crippen LogP contribution in [0.5, 0.6) is 0 Å². The fourth-order valence-corrected chi connectivity index (χ4v) is 4.53. The van der Waals surface area contributed by atoms with Crippen molar-refractivity contribution in [3.63, 3.8) is 0 Å². The third kappa shape index (κ3) is 6.18. The van der Waals surface area contributed by atoms with Crippen LogP contribution in [-0.2, 0) is 9.53 Å². The maximum atomic E-state index is 12.5. The van der Waals surface area contributed by atoms with E-state index >= 15 is 0 Å². The second-order valence-electron chi connectivity index (χ2n) is 10.3. The summed E-state index contributed by atoms with van der Waals surface area (Å²) >= 11 is 0. The third-order valence-corrected chi connectivity index (χ3v) is 6.69. The first-order valence-electron chi connectivity index (χ1n) is 12.4. The molecule has 3 N–H and O–H groups in total. The number of unbranched alkanes of at least 4 members (excludes halogenated alkanes) is 1. The molecule has 3 atom stereocenters. The highest BCUT2D eigenvalue weighted by Gasteiger charge is 2.37. The molecule has 3 rings (SSSR count). The molecule has 0 saturated carbocycles. The smallest absolute Gasteiger partial charge is 0.305 e. The molecule has 6 heteroatoms. The molecule has 3 unspecified atom stereocenters. The summed E-state index contributed by atoms with van der Waals surface area (Å²) in [6, 6.07) is 6.19. The monoisotopic (exact) mass is 455 g/mol. The van der Waals surface area contributed by atoms with Crippen LogP contribution in [0, 0.1) is 5.92 Å². The lowest BCUT2D eigenvalue weighted by Crippen LogP contribution is -2.49. The minimum Gasteiger partial charge on any atom is -0.465 e. The summed E-state index contributed by atoms with van der Waals surface area (Å²) in [5, 5.41) is 13.6. The minimum absolute atomic E-state index is 0.118. The summed E-state index contributed by atoms with van der Waals surface area (Å²) in [5.74, 6) is -0.0565. The molecule has 1 aromatic rings. The molecule has 1 heterocycles. The third-order valence-electron chi connectivity index (χ3n) is 6.69. The van der Waals surface area contributed by atoms with E-state index in [-0.39, 0.29) is 23.8 Å². The van der Waals surface area contributed by atoms with Crippen molar-refractivity contribution in [1.82, 2.24) is 5.53 Å². The Labute approximate surface area is 199 Å². The Kier molecular flexibility index (Phi) is 8.24. The van der Waals surface area contributed by atoms with Crippen LogP contribution in [0.3, 0.4) is 0 Å². The summed E-state index contributed by atoms with van der Waals surface area (Å²) in [6.07, 6.45) is 12.6. The Morgan fingerprint density at radius 1 is 1.27 bits per heavy atom. The van der Waals surface area contributed by atoms with Gasteiger partial charge in [0.1, 0.15) is 0 Å². The van der Waals surface area contributed by atoms with Gasteiger partial charge in [-0.3, -0.25) is 9.80 Å². The molecular formula is C27H41N3O3. The maximum absolute atomic E-state index is 12.5. The van der Waals surface area contributed by atoms with Gasteiger partial charge in [0.15, 0.2) is 0 Å². The summed E-state index contributed by atoms with van der Waals surface area (Å²) < 4.78 is 5.57. The zero-order chi connectivity index (χ0) is 24.1. The lowest BCUT2D eigenvalue weighted by Gasteiger charge is -2.35. The molecule has 0 aromatic heterocycles. The predicted molar refractivity (Wildman–Crippen MR) is 135 cm³/mol. The number of carbonyl (C=O) groups is 1. The summed E-state index contributed by atoms with van der Waals surface area (Å²) in [7, 11) is 0. The normalized spacial score (nSPS) is 22.7. The average molecular weight is 456 g/mol. The van der Waals surface area contributed by atoms with Crippen LogP contribution >= 0.6 is 0 Å². The zero-order valence-electron chi connectivity index (χ0n) is 20.9. The number of hydrogen-bond acceptors (Lipinski definition) is 6. The Hall–Kier alpha value is -2.31. The fraction of sp³-hybridized carbons (Fsp3) is 0.593. The number of allylic oxidation sites excluding steroid dienone is 2. The van der Waals surface area contributed by atoms with Gasteiger partial charge in [0.25, 0.3) is 0 Å². The van der Waals surface area contributed by atoms with Gasteiger partial charge in [0.2, 0.25) is 0 Å². The van der Waals surface area contributed by atoms with Crippen LogP contribution in [0.1, 0.15) is 84.6 Å². The highest BCUT2D eigenvalue weighted by atomic mass is 16.5. The van der Waals surface area contributed by atoms with Gasteiger partial charge in [0, 0.05) is 17.9 Å². The molecule has 6 nitrogen and oxygen atoms in total. The van der Waals surface area contributed by atoms with E-state index in [0.29, 0.717) is 18.9 Å². The van der Waals surface area contributed by atoms with E-state index in [2.05, 4.69) is 56.7 Å². The second kappa shape index (κ2) is 10.7. The number of anilines is 2. The number of ether oxygens (including phenoxy) is 1. The number of hydrogen-bond donors (Lipinski definition) is 3. The number of hydrazine groups is 2. The second-order valence-corrected chi connectivity index (χ2v) is 10.3. The van der Waals surface area contributed by atoms with E-state index in [9.17, 15) is 9.90 Å². The molecule has 1 aliphatic heterocycles. The number of rotatable bonds is 10. The van der Waals surface area contributed by atoms with Crippen LogP contribution in [0.25, 0.3) is 0 Å². The molecule has 0 amide bonds. The van der Waals surface area contributed by atoms with Gasteiger partial charge < -0.3 is 15.3 Å². The summed E-state index contributed by atoms with van der Waals surface area (Å²) in [5.41, 5.74) is 8.23. The van der Waals surface area contributed by atoms with Crippen molar-refractivity contribution in [2.75, 3.05) is 17.0 Å². The van der Waals surface area contributed by atoms with Crippen LogP contribution in [0.2, 0.25) is 0 Å². The van der Waals surface area contributed by atoms with E-state index in [4.69, 9.17) is 4.74 Å². The van der Waals surface area contributed by atoms with Gasteiger partial charge in [-0.15, -0.1) is 5.53 Å². The van der Waals surface area contributed by atoms with Gasteiger partial charge in [-0.1, -0.05) is 63.5 Å². The molecule has 0 fully saturated rings. The largest absolute Gasteiger partial charge is 0.465 e. The van der Waals surface area contributed by atoms with Crippen molar-refractivity contribution in [2.45, 2.75) is 90.2 Å². The number of esters is 1. The van der Waals surface area contributed by atoms with Crippen LogP contribution in [0.15, 0.2) is 42.5 Å². The molecule has 2 aliphatic rings. The minimum atomic E-state index is -1.14. The van der Waals surface area contributed by atoms with Crippen molar-refractivity contribution in [3.05, 3.63) is 48.1 Å². The van der Waals surface area contributed by atoms with Crippen molar-refractivity contribution < 1.29 is 14.6 Å². The molecule has 33 heavy (non-hydrogen) atoms. The van der Waals surface area contributed by atoms with Crippen molar-refractivity contribution in [3.8, 4) is 0 Å². The number of carbonyl (C=O) groups excluding carboxylic acids is 1. The Morgan fingerprint density at radius 2 is 2.06 bits per heavy atom. The van der Waals surface area contributed by atoms with Crippen molar-refractivity contribution in [1.29, 1.82) is 0 Å². The highest BCUT2D eigenvalue weighted by Crippen LogP contribution is 2.41. The molecule has 1 aliphatic carbocycles. The molecule has 1 aromatic carbocycles. The number of fused-ring (bicyclic) bond motifs is 1. The molecule has 182 valence electrons. The van der Waals surface area contributed by atoms with Crippen LogP contribution in [0.4, 0.5) is 11.4 Å². The fourth-order valence-electron chi connectivity index (χ4n) is 4.53. The van der Waals surface area contributed by atoms with Crippen LogP contribution in [-0.4, -0.2) is 28.8 Å². The van der Waals surface area contributed by atoms with E-state index in [1.165, 1.54) is 0 Å². The lowest BCUT2D eigenvalue weighted by molar-refractivity contribution is -0.146. The number of aliphatic hydroxyl groups is 1. The SMILES string of the molecule is CCCCC(CC)COC(=O)CCC1(O)C=CC=CC1c1ccc2c(c1)N(C(C)(C)C)NN2. The Balaban J connectivity index is 1.67. The zero-order valence-corrected chi connectivity index (χ0v) is 20.9. The Bertz CT molecular complexity index is 874. The van der Waals surface area contributed by atoms with Crippen LogP contribution < -0.4 is 16.0 Å². The topological polar surface area (TPSA) is 73.8 Å². The molecule has 0 spiro atoms. The number of nitrogens with one attached hydrogen (secondary N) is 2. The van der Waals surface area contributed by atoms with Crippen molar-refractivity contribution >= 4 is 17.3 Å². The van der Waals surface area contributed by atoms with E-state index in [1.54, 1.807) is 0 Å². The predicted octanol–water partition coefficient (Wildman–Crippen LogP) is 5.62. The average Bonchev–Trinajstić information content (AvgIpc) is 3.22. The number of nitrogens with zero attached hydrogens (tertiary/aromatic N) is 1. The highest BCUT2D eigenvalue weighted by molar-refractivity contribution is 5.75. The molecular weight excluding hydrogens is 414 g/mol. The summed E-state index contributed by atoms with van der Waals surface area (Å²) in [6.45, 7) is 11.2. The van der Waals surface area contributed by atoms with Gasteiger partial charge in [-0.05, 0) is 57.2 Å². The molecule has 0 radical (unpaired) electrons. The maximum Gasteiger partial charge on any atom is 0.305 e. The first-order valence-corrected chi connectivity index (χ1v) is 12.4. The molecule has 0 saturated heterocycles. The lowest BCUT2D eigenvalue weighted by atomic mass is 9.76. The van der Waals surface area contributed by atoms with Gasteiger partial charge in [-0.2, -0.15) is 0 Å². The standard InChI is InChI=1S/C27H41N3O3/c1-6-8-11-20(7-2)19-33-25(31)15-17-27(32)16-10-9-12-22(27)21-13-14-23-24(18-21)30(29-28-23)26(3,4)5/h9-10,12-14,16,18,20,22,28-29,32H,6-8,11,15,17,19H2,1-5H3. The first kappa shape index (κ1) is 25.3. The summed E-state index contributed by atoms with van der Waals surface area (Å²) in [4.78, 5) is 12.5. The quantitative estimate of drug-likeness (QED) is 0.398. The Morgan fingerprint density at radius 3 is 2.76 bits per heavy atom. The van der Waals surface area contributed by atoms with Gasteiger partial charge in [-0.25, -0.2) is 0 Å². The van der Waals surface area contributed by atoms with E-state index < -0.39 is 5.60 Å².